The van der Waals surface area contributed by atoms with E-state index in [4.69, 9.17) is 4.99 Å². The molecule has 6 nitrogen and oxygen atoms in total. The van der Waals surface area contributed by atoms with Crippen molar-refractivity contribution in [3.05, 3.63) is 80.0 Å². The summed E-state index contributed by atoms with van der Waals surface area (Å²) in [6.45, 7) is 0. The van der Waals surface area contributed by atoms with E-state index in [2.05, 4.69) is 16.7 Å². The fourth-order valence-electron chi connectivity index (χ4n) is 5.44. The van der Waals surface area contributed by atoms with Crippen molar-refractivity contribution in [2.75, 3.05) is 0 Å². The second kappa shape index (κ2) is 10.7. The van der Waals surface area contributed by atoms with Crippen LogP contribution in [0.1, 0.15) is 85.5 Å². The minimum absolute atomic E-state index is 0.0686. The molecule has 0 radical (unpaired) electrons. The third-order valence-electron chi connectivity index (χ3n) is 7.24. The zero-order valence-electron chi connectivity index (χ0n) is 19.9. The van der Waals surface area contributed by atoms with E-state index in [9.17, 15) is 14.9 Å². The van der Waals surface area contributed by atoms with Gasteiger partial charge in [-0.3, -0.25) is 19.9 Å². The van der Waals surface area contributed by atoms with Gasteiger partial charge in [-0.25, -0.2) is 0 Å². The van der Waals surface area contributed by atoms with Crippen molar-refractivity contribution < 1.29 is 9.72 Å². The monoisotopic (exact) mass is 489 g/mol. The fourth-order valence-corrected chi connectivity index (χ4v) is 6.69. The maximum Gasteiger partial charge on any atom is 0.270 e. The fraction of sp³-hybridized carbons (Fsp3) is 0.429. The van der Waals surface area contributed by atoms with Crippen molar-refractivity contribution in [3.63, 3.8) is 0 Å². The quantitative estimate of drug-likeness (QED) is 0.211. The number of nitro benzene ring substituents is 1. The Kier molecular flexibility index (Phi) is 7.23. The molecule has 2 aliphatic rings. The lowest BCUT2D eigenvalue weighted by Gasteiger charge is -2.26. The summed E-state index contributed by atoms with van der Waals surface area (Å²) >= 11 is 1.46. The number of hydrogen-bond acceptors (Lipinski definition) is 5. The maximum absolute atomic E-state index is 13.9. The van der Waals surface area contributed by atoms with Crippen LogP contribution >= 0.6 is 11.3 Å². The maximum atomic E-state index is 13.9. The van der Waals surface area contributed by atoms with Crippen LogP contribution in [0.5, 0.6) is 0 Å². The molecule has 1 aromatic heterocycles. The molecule has 0 aliphatic heterocycles. The predicted octanol–water partition coefficient (Wildman–Crippen LogP) is 7.09. The Morgan fingerprint density at radius 1 is 0.914 bits per heavy atom. The second-order valence-corrected chi connectivity index (χ2v) is 10.6. The van der Waals surface area contributed by atoms with Crippen LogP contribution < -0.4 is 4.80 Å². The summed E-state index contributed by atoms with van der Waals surface area (Å²) in [4.78, 5) is 31.6. The lowest BCUT2D eigenvalue weighted by atomic mass is 9.94. The zero-order chi connectivity index (χ0) is 24.2. The van der Waals surface area contributed by atoms with Gasteiger partial charge < -0.3 is 4.57 Å². The third kappa shape index (κ3) is 5.15. The van der Waals surface area contributed by atoms with Crippen LogP contribution in [0.2, 0.25) is 0 Å². The lowest BCUT2D eigenvalue weighted by Crippen LogP contribution is -2.26. The summed E-state index contributed by atoms with van der Waals surface area (Å²) in [6, 6.07) is 16.8. The molecular weight excluding hydrogens is 458 g/mol. The highest BCUT2D eigenvalue weighted by molar-refractivity contribution is 7.12. The average Bonchev–Trinajstić information content (AvgIpc) is 3.28. The topological polar surface area (TPSA) is 77.5 Å². The summed E-state index contributed by atoms with van der Waals surface area (Å²) in [6.07, 6.45) is 11.6. The molecule has 1 heterocycles. The molecule has 0 bridgehead atoms. The molecule has 0 amide bonds. The molecule has 2 saturated carbocycles. The molecule has 5 rings (SSSR count). The van der Waals surface area contributed by atoms with Crippen molar-refractivity contribution >= 4 is 22.8 Å². The van der Waals surface area contributed by atoms with Gasteiger partial charge in [-0.1, -0.05) is 92.3 Å². The summed E-state index contributed by atoms with van der Waals surface area (Å²) < 4.78 is 2.35. The van der Waals surface area contributed by atoms with Crippen molar-refractivity contribution in [2.45, 2.75) is 76.3 Å². The first kappa shape index (κ1) is 23.7. The summed E-state index contributed by atoms with van der Waals surface area (Å²) in [5.74, 6) is -0.174. The van der Waals surface area contributed by atoms with Gasteiger partial charge in [0.25, 0.3) is 5.69 Å². The first-order valence-corrected chi connectivity index (χ1v) is 13.6. The number of carbonyl (C=O) groups excluding carboxylic acids is 1. The molecule has 35 heavy (non-hydrogen) atoms. The molecule has 2 fully saturated rings. The second-order valence-electron chi connectivity index (χ2n) is 9.65. The van der Waals surface area contributed by atoms with Gasteiger partial charge in [0.2, 0.25) is 5.78 Å². The molecule has 7 heteroatoms. The highest BCUT2D eigenvalue weighted by Crippen LogP contribution is 2.36. The molecule has 2 aliphatic carbocycles. The number of aromatic nitrogens is 1. The predicted molar refractivity (Wildman–Crippen MR) is 139 cm³/mol. The smallest absolute Gasteiger partial charge is 0.270 e. The van der Waals surface area contributed by atoms with E-state index in [-0.39, 0.29) is 11.5 Å². The van der Waals surface area contributed by atoms with Gasteiger partial charge >= 0.3 is 0 Å². The third-order valence-corrected chi connectivity index (χ3v) is 8.30. The molecule has 0 spiro atoms. The van der Waals surface area contributed by atoms with E-state index in [1.54, 1.807) is 12.1 Å². The van der Waals surface area contributed by atoms with Gasteiger partial charge in [-0.15, -0.1) is 0 Å². The van der Waals surface area contributed by atoms with Crippen molar-refractivity contribution in [3.8, 4) is 11.3 Å². The number of thiazole rings is 1. The van der Waals surface area contributed by atoms with Gasteiger partial charge in [0.05, 0.1) is 16.7 Å². The van der Waals surface area contributed by atoms with Crippen molar-refractivity contribution in [1.82, 2.24) is 4.57 Å². The average molecular weight is 490 g/mol. The van der Waals surface area contributed by atoms with E-state index in [0.717, 1.165) is 41.7 Å². The number of nitrogens with zero attached hydrogens (tertiary/aromatic N) is 3. The highest BCUT2D eigenvalue weighted by Gasteiger charge is 2.28. The Balaban J connectivity index is 1.71. The normalized spacial score (nSPS) is 18.0. The molecule has 0 saturated heterocycles. The van der Waals surface area contributed by atoms with E-state index in [1.807, 2.05) is 18.2 Å². The standard InChI is InChI=1S/C28H31N3O3S/c32-26(21-13-10-18-24(19-21)31(33)34)27-25(20-11-4-1-5-12-20)30(23-16-8-3-9-17-23)28(35-27)29-22-14-6-2-7-15-22/h1,4-5,10-13,18-19,22-23H,2-3,6-9,14-17H2. The Morgan fingerprint density at radius 2 is 1.60 bits per heavy atom. The lowest BCUT2D eigenvalue weighted by molar-refractivity contribution is -0.384. The van der Waals surface area contributed by atoms with E-state index < -0.39 is 4.92 Å². The zero-order valence-corrected chi connectivity index (χ0v) is 20.7. The molecule has 182 valence electrons. The van der Waals surface area contributed by atoms with Gasteiger partial charge in [-0.05, 0) is 31.2 Å². The summed E-state index contributed by atoms with van der Waals surface area (Å²) in [5.41, 5.74) is 2.18. The molecule has 0 N–H and O–H groups in total. The summed E-state index contributed by atoms with van der Waals surface area (Å²) in [5, 5.41) is 11.4. The van der Waals surface area contributed by atoms with Crippen molar-refractivity contribution in [1.29, 1.82) is 0 Å². The SMILES string of the molecule is O=C(c1cccc([N+](=O)[O-])c1)c1sc(=NC2CCCCC2)n(C2CCCCC2)c1-c1ccccc1. The Hall–Kier alpha value is -3.06. The van der Waals surface area contributed by atoms with Crippen LogP contribution in [0.3, 0.4) is 0 Å². The van der Waals surface area contributed by atoms with Crippen LogP contribution in [0.15, 0.2) is 59.6 Å². The Morgan fingerprint density at radius 3 is 2.29 bits per heavy atom. The Bertz CT molecular complexity index is 1270. The molecule has 0 unspecified atom stereocenters. The summed E-state index contributed by atoms with van der Waals surface area (Å²) in [7, 11) is 0. The van der Waals surface area contributed by atoms with E-state index in [1.165, 1.54) is 62.0 Å². The molecule has 3 aromatic rings. The number of rotatable bonds is 6. The van der Waals surface area contributed by atoms with E-state index in [0.29, 0.717) is 22.5 Å². The number of hydrogen-bond donors (Lipinski definition) is 0. The number of ketones is 1. The minimum atomic E-state index is -0.449. The van der Waals surface area contributed by atoms with Crippen LogP contribution in [0, 0.1) is 10.1 Å². The first-order chi connectivity index (χ1) is 17.1. The van der Waals surface area contributed by atoms with Gasteiger partial charge in [0.15, 0.2) is 4.80 Å². The number of nitro groups is 1. The molecule has 0 atom stereocenters. The molecular formula is C28H31N3O3S. The van der Waals surface area contributed by atoms with Crippen LogP contribution in [0.25, 0.3) is 11.3 Å². The number of non-ortho nitro benzene ring substituents is 1. The van der Waals surface area contributed by atoms with Gasteiger partial charge in [-0.2, -0.15) is 0 Å². The van der Waals surface area contributed by atoms with Crippen LogP contribution in [-0.4, -0.2) is 21.3 Å². The van der Waals surface area contributed by atoms with Crippen LogP contribution in [-0.2, 0) is 0 Å². The Labute approximate surface area is 209 Å². The van der Waals surface area contributed by atoms with Crippen LogP contribution in [0.4, 0.5) is 5.69 Å². The minimum Gasteiger partial charge on any atom is -0.313 e. The highest BCUT2D eigenvalue weighted by atomic mass is 32.1. The first-order valence-electron chi connectivity index (χ1n) is 12.8. The van der Waals surface area contributed by atoms with Gasteiger partial charge in [0.1, 0.15) is 4.88 Å². The van der Waals surface area contributed by atoms with E-state index >= 15 is 0 Å². The number of benzene rings is 2. The largest absolute Gasteiger partial charge is 0.313 e. The molecule has 2 aromatic carbocycles. The number of carbonyl (C=O) groups is 1. The van der Waals surface area contributed by atoms with Gasteiger partial charge in [0, 0.05) is 23.7 Å². The van der Waals surface area contributed by atoms with Crippen molar-refractivity contribution in [2.24, 2.45) is 4.99 Å².